The van der Waals surface area contributed by atoms with Crippen molar-refractivity contribution in [3.05, 3.63) is 0 Å². The van der Waals surface area contributed by atoms with Gasteiger partial charge in [-0.2, -0.15) is 0 Å². The smallest absolute Gasteiger partial charge is 0.0835 e. The van der Waals surface area contributed by atoms with Gasteiger partial charge in [0, 0.05) is 0 Å². The maximum absolute atomic E-state index is 9.39. The van der Waals surface area contributed by atoms with Crippen LogP contribution >= 0.6 is 0 Å². The van der Waals surface area contributed by atoms with Gasteiger partial charge in [0.1, 0.15) is 0 Å². The minimum Gasteiger partial charge on any atom is -0.394 e. The van der Waals surface area contributed by atoms with Crippen LogP contribution in [-0.2, 0) is 4.74 Å². The molecule has 1 aliphatic carbocycles. The molecule has 1 rings (SSSR count). The molecule has 0 saturated heterocycles. The van der Waals surface area contributed by atoms with E-state index in [-0.39, 0.29) is 18.8 Å². The first-order valence-corrected chi connectivity index (χ1v) is 4.25. The molecule has 0 bridgehead atoms. The van der Waals surface area contributed by atoms with E-state index in [4.69, 9.17) is 9.84 Å². The molecule has 3 nitrogen and oxygen atoms in total. The van der Waals surface area contributed by atoms with Crippen molar-refractivity contribution < 1.29 is 14.9 Å². The van der Waals surface area contributed by atoms with Crippen molar-refractivity contribution >= 4 is 0 Å². The van der Waals surface area contributed by atoms with Crippen LogP contribution in [0.1, 0.15) is 25.7 Å². The van der Waals surface area contributed by atoms with Gasteiger partial charge < -0.3 is 14.9 Å². The summed E-state index contributed by atoms with van der Waals surface area (Å²) in [5.74, 6) is 0. The van der Waals surface area contributed by atoms with Gasteiger partial charge in [0.15, 0.2) is 0 Å². The maximum Gasteiger partial charge on any atom is 0.0835 e. The third-order valence-corrected chi connectivity index (χ3v) is 2.09. The molecule has 3 heteroatoms. The fourth-order valence-corrected chi connectivity index (χ4v) is 1.48. The maximum atomic E-state index is 9.39. The Bertz CT molecular complexity index is 106. The summed E-state index contributed by atoms with van der Waals surface area (Å²) >= 11 is 0. The van der Waals surface area contributed by atoms with Crippen LogP contribution in [0.2, 0.25) is 0 Å². The Morgan fingerprint density at radius 1 is 1.27 bits per heavy atom. The van der Waals surface area contributed by atoms with Crippen LogP contribution in [0.15, 0.2) is 0 Å². The second-order valence-corrected chi connectivity index (χ2v) is 2.98. The highest BCUT2D eigenvalue weighted by Crippen LogP contribution is 2.20. The summed E-state index contributed by atoms with van der Waals surface area (Å²) in [5.41, 5.74) is 0. The van der Waals surface area contributed by atoms with Crippen molar-refractivity contribution in [3.8, 4) is 0 Å². The van der Waals surface area contributed by atoms with Crippen LogP contribution in [0, 0.1) is 0 Å². The Balaban J connectivity index is 2.18. The molecule has 66 valence electrons. The highest BCUT2D eigenvalue weighted by Gasteiger charge is 2.22. The molecule has 0 radical (unpaired) electrons. The average Bonchev–Trinajstić information content (AvgIpc) is 2.03. The van der Waals surface area contributed by atoms with E-state index in [2.05, 4.69) is 0 Å². The average molecular weight is 160 g/mol. The molecule has 1 saturated carbocycles. The van der Waals surface area contributed by atoms with Crippen LogP contribution < -0.4 is 0 Å². The lowest BCUT2D eigenvalue weighted by atomic mass is 9.95. The molecule has 0 aliphatic heterocycles. The molecule has 0 aromatic carbocycles. The van der Waals surface area contributed by atoms with Gasteiger partial charge in [0.2, 0.25) is 0 Å². The van der Waals surface area contributed by atoms with Crippen molar-refractivity contribution in [1.29, 1.82) is 0 Å². The predicted octanol–water partition coefficient (Wildman–Crippen LogP) is 0.299. The Labute approximate surface area is 67.0 Å². The fraction of sp³-hybridized carbons (Fsp3) is 1.00. The zero-order valence-electron chi connectivity index (χ0n) is 6.70. The van der Waals surface area contributed by atoms with Crippen LogP contribution in [0.25, 0.3) is 0 Å². The largest absolute Gasteiger partial charge is 0.394 e. The molecule has 0 spiro atoms. The summed E-state index contributed by atoms with van der Waals surface area (Å²) in [6.45, 7) is 0.394. The normalized spacial score (nSPS) is 32.2. The third kappa shape index (κ3) is 2.77. The molecule has 1 fully saturated rings. The van der Waals surface area contributed by atoms with E-state index in [1.807, 2.05) is 0 Å². The predicted molar refractivity (Wildman–Crippen MR) is 41.3 cm³/mol. The van der Waals surface area contributed by atoms with Gasteiger partial charge in [-0.15, -0.1) is 0 Å². The van der Waals surface area contributed by atoms with E-state index in [9.17, 15) is 5.11 Å². The van der Waals surface area contributed by atoms with Crippen molar-refractivity contribution in [2.45, 2.75) is 37.9 Å². The quantitative estimate of drug-likeness (QED) is 0.624. The van der Waals surface area contributed by atoms with Crippen LogP contribution in [-0.4, -0.2) is 35.6 Å². The van der Waals surface area contributed by atoms with E-state index in [0.717, 1.165) is 25.7 Å². The van der Waals surface area contributed by atoms with Crippen molar-refractivity contribution in [2.24, 2.45) is 0 Å². The SMILES string of the molecule is OCCO[C@@H]1CCCC[C@@H]1O. The number of hydrogen-bond donors (Lipinski definition) is 2. The molecule has 2 N–H and O–H groups in total. The van der Waals surface area contributed by atoms with E-state index in [0.29, 0.717) is 6.61 Å². The molecule has 0 unspecified atom stereocenters. The third-order valence-electron chi connectivity index (χ3n) is 2.09. The molecule has 0 aromatic rings. The van der Waals surface area contributed by atoms with Crippen LogP contribution in [0.3, 0.4) is 0 Å². The second kappa shape index (κ2) is 4.70. The first-order chi connectivity index (χ1) is 5.34. The van der Waals surface area contributed by atoms with Crippen molar-refractivity contribution in [3.63, 3.8) is 0 Å². The van der Waals surface area contributed by atoms with Gasteiger partial charge in [-0.1, -0.05) is 12.8 Å². The Kier molecular flexibility index (Phi) is 3.83. The summed E-state index contributed by atoms with van der Waals surface area (Å²) in [7, 11) is 0. The van der Waals surface area contributed by atoms with Gasteiger partial charge in [-0.25, -0.2) is 0 Å². The zero-order chi connectivity index (χ0) is 8.10. The Hall–Kier alpha value is -0.120. The summed E-state index contributed by atoms with van der Waals surface area (Å²) in [6, 6.07) is 0. The molecular formula is C8H16O3. The number of hydrogen-bond acceptors (Lipinski definition) is 3. The lowest BCUT2D eigenvalue weighted by Crippen LogP contribution is -2.32. The number of rotatable bonds is 3. The monoisotopic (exact) mass is 160 g/mol. The Morgan fingerprint density at radius 3 is 2.64 bits per heavy atom. The van der Waals surface area contributed by atoms with Gasteiger partial charge in [-0.3, -0.25) is 0 Å². The van der Waals surface area contributed by atoms with Gasteiger partial charge >= 0.3 is 0 Å². The highest BCUT2D eigenvalue weighted by molar-refractivity contribution is 4.74. The minimum atomic E-state index is -0.310. The van der Waals surface area contributed by atoms with Gasteiger partial charge in [-0.05, 0) is 12.8 Å². The molecule has 11 heavy (non-hydrogen) atoms. The van der Waals surface area contributed by atoms with Crippen LogP contribution in [0.4, 0.5) is 0 Å². The molecule has 0 aromatic heterocycles. The summed E-state index contributed by atoms with van der Waals surface area (Å²) < 4.78 is 5.24. The molecular weight excluding hydrogens is 144 g/mol. The Morgan fingerprint density at radius 2 is 2.00 bits per heavy atom. The first kappa shape index (κ1) is 8.97. The number of aliphatic hydroxyl groups excluding tert-OH is 2. The summed E-state index contributed by atoms with van der Waals surface area (Å²) in [6.07, 6.45) is 3.66. The first-order valence-electron chi connectivity index (χ1n) is 4.25. The van der Waals surface area contributed by atoms with Gasteiger partial charge in [0.05, 0.1) is 25.4 Å². The minimum absolute atomic E-state index is 0.0316. The van der Waals surface area contributed by atoms with Crippen molar-refractivity contribution in [2.75, 3.05) is 13.2 Å². The standard InChI is InChI=1S/C8H16O3/c9-5-6-11-8-4-2-1-3-7(8)10/h7-10H,1-6H2/t7-,8+/m0/s1. The van der Waals surface area contributed by atoms with Crippen LogP contribution in [0.5, 0.6) is 0 Å². The summed E-state index contributed by atoms with van der Waals surface area (Å²) in [5, 5.41) is 17.9. The van der Waals surface area contributed by atoms with Crippen molar-refractivity contribution in [1.82, 2.24) is 0 Å². The van der Waals surface area contributed by atoms with Gasteiger partial charge in [0.25, 0.3) is 0 Å². The van der Waals surface area contributed by atoms with E-state index in [1.54, 1.807) is 0 Å². The molecule has 2 atom stereocenters. The lowest BCUT2D eigenvalue weighted by Gasteiger charge is -2.27. The molecule has 0 heterocycles. The second-order valence-electron chi connectivity index (χ2n) is 2.98. The fourth-order valence-electron chi connectivity index (χ4n) is 1.48. The molecule has 0 amide bonds. The van der Waals surface area contributed by atoms with E-state index < -0.39 is 0 Å². The highest BCUT2D eigenvalue weighted by atomic mass is 16.5. The molecule has 1 aliphatic rings. The topological polar surface area (TPSA) is 49.7 Å². The summed E-state index contributed by atoms with van der Waals surface area (Å²) in [4.78, 5) is 0. The van der Waals surface area contributed by atoms with E-state index >= 15 is 0 Å². The lowest BCUT2D eigenvalue weighted by molar-refractivity contribution is -0.0666. The zero-order valence-corrected chi connectivity index (χ0v) is 6.70. The number of aliphatic hydroxyl groups is 2. The number of ether oxygens (including phenoxy) is 1. The van der Waals surface area contributed by atoms with E-state index in [1.165, 1.54) is 0 Å².